The molecule has 0 saturated carbocycles. The van der Waals surface area contributed by atoms with Crippen molar-refractivity contribution in [2.45, 2.75) is 46.6 Å². The van der Waals surface area contributed by atoms with Crippen LogP contribution in [0.25, 0.3) is 0 Å². The number of amides is 2. The fraction of sp³-hybridized carbons (Fsp3) is 0.857. The highest BCUT2D eigenvalue weighted by molar-refractivity contribution is 5.78. The van der Waals surface area contributed by atoms with E-state index in [-0.39, 0.29) is 17.9 Å². The zero-order valence-corrected chi connectivity index (χ0v) is 12.7. The third-order valence-electron chi connectivity index (χ3n) is 2.95. The van der Waals surface area contributed by atoms with Crippen LogP contribution < -0.4 is 0 Å². The average Bonchev–Trinajstić information content (AvgIpc) is 2.50. The van der Waals surface area contributed by atoms with E-state index in [2.05, 4.69) is 0 Å². The lowest BCUT2D eigenvalue weighted by atomic mass is 10.2. The van der Waals surface area contributed by atoms with Crippen molar-refractivity contribution in [2.75, 3.05) is 26.2 Å². The topological polar surface area (TPSA) is 49.9 Å². The molecule has 2 amide bonds. The van der Waals surface area contributed by atoms with Crippen LogP contribution in [0.4, 0.5) is 4.79 Å². The first-order valence-electron chi connectivity index (χ1n) is 6.97. The normalized spacial score (nSPS) is 17.4. The molecule has 0 unspecified atom stereocenters. The molecule has 1 aliphatic rings. The summed E-state index contributed by atoms with van der Waals surface area (Å²) in [6.45, 7) is 11.9. The van der Waals surface area contributed by atoms with Crippen molar-refractivity contribution in [1.29, 1.82) is 0 Å². The average molecular weight is 270 g/mol. The van der Waals surface area contributed by atoms with Gasteiger partial charge in [-0.3, -0.25) is 4.79 Å². The Morgan fingerprint density at radius 1 is 1.00 bits per heavy atom. The van der Waals surface area contributed by atoms with Gasteiger partial charge in [-0.25, -0.2) is 4.79 Å². The van der Waals surface area contributed by atoms with Gasteiger partial charge in [0.1, 0.15) is 5.60 Å². The molecule has 110 valence electrons. The highest BCUT2D eigenvalue weighted by Gasteiger charge is 2.26. The Kier molecular flexibility index (Phi) is 5.20. The monoisotopic (exact) mass is 270 g/mol. The zero-order valence-electron chi connectivity index (χ0n) is 12.7. The first kappa shape index (κ1) is 15.8. The Labute approximate surface area is 115 Å². The molecule has 0 atom stereocenters. The first-order valence-corrected chi connectivity index (χ1v) is 6.97. The van der Waals surface area contributed by atoms with E-state index in [1.165, 1.54) is 0 Å². The van der Waals surface area contributed by atoms with Crippen LogP contribution >= 0.6 is 0 Å². The number of hydrogen-bond acceptors (Lipinski definition) is 3. The van der Waals surface area contributed by atoms with Gasteiger partial charge in [-0.15, -0.1) is 0 Å². The fourth-order valence-electron chi connectivity index (χ4n) is 2.01. The van der Waals surface area contributed by atoms with Gasteiger partial charge in [-0.2, -0.15) is 0 Å². The van der Waals surface area contributed by atoms with E-state index in [1.54, 1.807) is 4.90 Å². The molecule has 0 aromatic carbocycles. The van der Waals surface area contributed by atoms with Gasteiger partial charge >= 0.3 is 6.09 Å². The SMILES string of the molecule is CC(C)C(=O)N1CCCN(C(=O)OC(C)(C)C)CC1. The molecule has 1 saturated heterocycles. The molecular formula is C14H26N2O3. The molecule has 0 aromatic rings. The maximum Gasteiger partial charge on any atom is 0.410 e. The molecule has 1 fully saturated rings. The van der Waals surface area contributed by atoms with Crippen molar-refractivity contribution >= 4 is 12.0 Å². The number of carbonyl (C=O) groups excluding carboxylic acids is 2. The number of hydrogen-bond donors (Lipinski definition) is 0. The van der Waals surface area contributed by atoms with Crippen LogP contribution in [0.2, 0.25) is 0 Å². The van der Waals surface area contributed by atoms with E-state index in [1.807, 2.05) is 39.5 Å². The standard InChI is InChI=1S/C14H26N2O3/c1-11(2)12(17)15-7-6-8-16(10-9-15)13(18)19-14(3,4)5/h11H,6-10H2,1-5H3. The summed E-state index contributed by atoms with van der Waals surface area (Å²) >= 11 is 0. The molecule has 0 aliphatic carbocycles. The third-order valence-corrected chi connectivity index (χ3v) is 2.95. The van der Waals surface area contributed by atoms with Crippen LogP contribution in [0, 0.1) is 5.92 Å². The van der Waals surface area contributed by atoms with Gasteiger partial charge in [0.2, 0.25) is 5.91 Å². The fourth-order valence-corrected chi connectivity index (χ4v) is 2.01. The molecule has 0 aromatic heterocycles. The predicted molar refractivity (Wildman–Crippen MR) is 73.8 cm³/mol. The maximum absolute atomic E-state index is 12.0. The first-order chi connectivity index (χ1) is 8.70. The third kappa shape index (κ3) is 5.09. The smallest absolute Gasteiger partial charge is 0.410 e. The maximum atomic E-state index is 12.0. The van der Waals surface area contributed by atoms with E-state index in [9.17, 15) is 9.59 Å². The predicted octanol–water partition coefficient (Wildman–Crippen LogP) is 2.11. The minimum atomic E-state index is -0.475. The Bertz CT molecular complexity index is 334. The molecule has 1 rings (SSSR count). The summed E-state index contributed by atoms with van der Waals surface area (Å²) < 4.78 is 5.36. The second-order valence-corrected chi connectivity index (χ2v) is 6.30. The second kappa shape index (κ2) is 6.26. The second-order valence-electron chi connectivity index (χ2n) is 6.30. The summed E-state index contributed by atoms with van der Waals surface area (Å²) in [5.41, 5.74) is -0.475. The van der Waals surface area contributed by atoms with Crippen molar-refractivity contribution in [3.8, 4) is 0 Å². The van der Waals surface area contributed by atoms with Crippen LogP contribution in [0.5, 0.6) is 0 Å². The van der Waals surface area contributed by atoms with Gasteiger partial charge in [0, 0.05) is 32.1 Å². The van der Waals surface area contributed by atoms with E-state index >= 15 is 0 Å². The van der Waals surface area contributed by atoms with Crippen LogP contribution in [0.15, 0.2) is 0 Å². The summed E-state index contributed by atoms with van der Waals surface area (Å²) in [6, 6.07) is 0. The summed E-state index contributed by atoms with van der Waals surface area (Å²) in [7, 11) is 0. The van der Waals surface area contributed by atoms with Crippen molar-refractivity contribution in [3.05, 3.63) is 0 Å². The van der Waals surface area contributed by atoms with Crippen molar-refractivity contribution in [2.24, 2.45) is 5.92 Å². The van der Waals surface area contributed by atoms with Gasteiger partial charge < -0.3 is 14.5 Å². The molecular weight excluding hydrogens is 244 g/mol. The molecule has 0 spiro atoms. The molecule has 0 bridgehead atoms. The van der Waals surface area contributed by atoms with Crippen LogP contribution in [-0.4, -0.2) is 53.6 Å². The van der Waals surface area contributed by atoms with Crippen LogP contribution in [0.3, 0.4) is 0 Å². The largest absolute Gasteiger partial charge is 0.444 e. The van der Waals surface area contributed by atoms with Crippen molar-refractivity contribution in [1.82, 2.24) is 9.80 Å². The Morgan fingerprint density at radius 2 is 1.53 bits per heavy atom. The number of ether oxygens (including phenoxy) is 1. The molecule has 1 heterocycles. The van der Waals surface area contributed by atoms with E-state index in [4.69, 9.17) is 4.74 Å². The van der Waals surface area contributed by atoms with Gasteiger partial charge in [0.15, 0.2) is 0 Å². The van der Waals surface area contributed by atoms with Gasteiger partial charge in [-0.05, 0) is 27.2 Å². The van der Waals surface area contributed by atoms with Crippen LogP contribution in [-0.2, 0) is 9.53 Å². The van der Waals surface area contributed by atoms with Crippen molar-refractivity contribution in [3.63, 3.8) is 0 Å². The minimum absolute atomic E-state index is 0.00748. The van der Waals surface area contributed by atoms with Crippen molar-refractivity contribution < 1.29 is 14.3 Å². The molecule has 1 aliphatic heterocycles. The highest BCUT2D eigenvalue weighted by atomic mass is 16.6. The summed E-state index contributed by atoms with van der Waals surface area (Å²) in [4.78, 5) is 27.5. The van der Waals surface area contributed by atoms with Gasteiger partial charge in [0.05, 0.1) is 0 Å². The van der Waals surface area contributed by atoms with Gasteiger partial charge in [0.25, 0.3) is 0 Å². The van der Waals surface area contributed by atoms with E-state index in [0.29, 0.717) is 19.6 Å². The summed E-state index contributed by atoms with van der Waals surface area (Å²) in [5, 5.41) is 0. The Balaban J connectivity index is 2.54. The molecule has 5 nitrogen and oxygen atoms in total. The lowest BCUT2D eigenvalue weighted by Crippen LogP contribution is -2.40. The molecule has 0 radical (unpaired) electrons. The highest BCUT2D eigenvalue weighted by Crippen LogP contribution is 2.13. The zero-order chi connectivity index (χ0) is 14.6. The van der Waals surface area contributed by atoms with Crippen LogP contribution in [0.1, 0.15) is 41.0 Å². The quantitative estimate of drug-likeness (QED) is 0.733. The summed E-state index contributed by atoms with van der Waals surface area (Å²) in [6.07, 6.45) is 0.517. The lowest BCUT2D eigenvalue weighted by molar-refractivity contribution is -0.134. The van der Waals surface area contributed by atoms with E-state index < -0.39 is 5.60 Å². The molecule has 19 heavy (non-hydrogen) atoms. The van der Waals surface area contributed by atoms with E-state index in [0.717, 1.165) is 13.0 Å². The molecule has 0 N–H and O–H groups in total. The summed E-state index contributed by atoms with van der Waals surface area (Å²) in [5.74, 6) is 0.166. The number of nitrogens with zero attached hydrogens (tertiary/aromatic N) is 2. The lowest BCUT2D eigenvalue weighted by Gasteiger charge is -2.26. The minimum Gasteiger partial charge on any atom is -0.444 e. The Hall–Kier alpha value is -1.26. The van der Waals surface area contributed by atoms with Gasteiger partial charge in [-0.1, -0.05) is 13.8 Å². The number of carbonyl (C=O) groups is 2. The number of rotatable bonds is 1. The molecule has 5 heteroatoms. The Morgan fingerprint density at radius 3 is 2.05 bits per heavy atom.